The van der Waals surface area contributed by atoms with Gasteiger partial charge in [0.15, 0.2) is 5.78 Å². The molecular weight excluding hydrogens is 292 g/mol. The van der Waals surface area contributed by atoms with Crippen LogP contribution in [0.4, 0.5) is 0 Å². The van der Waals surface area contributed by atoms with Crippen LogP contribution >= 0.6 is 11.6 Å². The molecule has 0 saturated heterocycles. The van der Waals surface area contributed by atoms with E-state index in [1.54, 1.807) is 19.9 Å². The van der Waals surface area contributed by atoms with Crippen LogP contribution in [-0.2, 0) is 9.53 Å². The third-order valence-corrected chi connectivity index (χ3v) is 3.64. The Balaban J connectivity index is 3.28. The molecule has 0 aliphatic carbocycles. The normalized spacial score (nSPS) is 11.2. The molecule has 0 bridgehead atoms. The van der Waals surface area contributed by atoms with Gasteiger partial charge in [0.1, 0.15) is 5.75 Å². The fourth-order valence-electron chi connectivity index (χ4n) is 1.96. The van der Waals surface area contributed by atoms with E-state index in [1.165, 1.54) is 20.1 Å². The molecule has 0 N–H and O–H groups in total. The number of methoxy groups -OCH3 is 1. The summed E-state index contributed by atoms with van der Waals surface area (Å²) in [6, 6.07) is 1.70. The molecule has 0 atom stereocenters. The van der Waals surface area contributed by atoms with E-state index in [0.717, 1.165) is 5.56 Å². The molecule has 0 heterocycles. The Kier molecular flexibility index (Phi) is 5.97. The zero-order valence-corrected chi connectivity index (χ0v) is 13.6. The molecule has 0 fully saturated rings. The lowest BCUT2D eigenvalue weighted by molar-refractivity contribution is -0.138. The summed E-state index contributed by atoms with van der Waals surface area (Å²) in [6.45, 7) is 7.09. The first-order chi connectivity index (χ1) is 9.83. The standard InChI is InChI=1S/C16H19ClO4/c1-6-21-16(19)10(3)7-12(18)14-11(4)15(17)9(2)8-13(14)20-5/h7-8H,6H2,1-5H3/b10-7+. The smallest absolute Gasteiger partial charge is 0.333 e. The van der Waals surface area contributed by atoms with Crippen molar-refractivity contribution in [3.05, 3.63) is 39.4 Å². The van der Waals surface area contributed by atoms with E-state index in [9.17, 15) is 9.59 Å². The first-order valence-electron chi connectivity index (χ1n) is 6.56. The zero-order valence-electron chi connectivity index (χ0n) is 12.9. The lowest BCUT2D eigenvalue weighted by atomic mass is 9.99. The van der Waals surface area contributed by atoms with Gasteiger partial charge in [0.05, 0.1) is 19.3 Å². The van der Waals surface area contributed by atoms with Crippen molar-refractivity contribution in [1.29, 1.82) is 0 Å². The summed E-state index contributed by atoms with van der Waals surface area (Å²) in [6.07, 6.45) is 1.24. The first-order valence-corrected chi connectivity index (χ1v) is 6.94. The maximum Gasteiger partial charge on any atom is 0.333 e. The van der Waals surface area contributed by atoms with Crippen molar-refractivity contribution < 1.29 is 19.1 Å². The average Bonchev–Trinajstić information content (AvgIpc) is 2.44. The highest BCUT2D eigenvalue weighted by atomic mass is 35.5. The van der Waals surface area contributed by atoms with Crippen LogP contribution in [0, 0.1) is 13.8 Å². The third kappa shape index (κ3) is 3.85. The number of aryl methyl sites for hydroxylation is 1. The van der Waals surface area contributed by atoms with Gasteiger partial charge in [0, 0.05) is 10.6 Å². The molecule has 0 aromatic heterocycles. The minimum absolute atomic E-state index is 0.236. The minimum atomic E-state index is -0.513. The third-order valence-electron chi connectivity index (χ3n) is 3.06. The molecule has 0 radical (unpaired) electrons. The van der Waals surface area contributed by atoms with E-state index < -0.39 is 5.97 Å². The molecule has 114 valence electrons. The number of benzene rings is 1. The molecule has 1 aromatic rings. The summed E-state index contributed by atoms with van der Waals surface area (Å²) < 4.78 is 10.1. The largest absolute Gasteiger partial charge is 0.496 e. The van der Waals surface area contributed by atoms with Gasteiger partial charge in [-0.2, -0.15) is 0 Å². The van der Waals surface area contributed by atoms with Crippen LogP contribution in [0.1, 0.15) is 35.3 Å². The summed E-state index contributed by atoms with van der Waals surface area (Å²) in [5, 5.41) is 0.515. The highest BCUT2D eigenvalue weighted by Gasteiger charge is 2.19. The van der Waals surface area contributed by atoms with Gasteiger partial charge >= 0.3 is 5.97 Å². The number of hydrogen-bond donors (Lipinski definition) is 0. The summed E-state index contributed by atoms with van der Waals surface area (Å²) in [4.78, 5) is 24.0. The molecule has 1 rings (SSSR count). The second kappa shape index (κ2) is 7.27. The molecule has 5 heteroatoms. The molecule has 21 heavy (non-hydrogen) atoms. The Morgan fingerprint density at radius 3 is 2.48 bits per heavy atom. The highest BCUT2D eigenvalue weighted by Crippen LogP contribution is 2.32. The van der Waals surface area contributed by atoms with E-state index in [-0.39, 0.29) is 18.0 Å². The fraction of sp³-hybridized carbons (Fsp3) is 0.375. The van der Waals surface area contributed by atoms with Crippen molar-refractivity contribution in [2.45, 2.75) is 27.7 Å². The molecule has 0 spiro atoms. The summed E-state index contributed by atoms with van der Waals surface area (Å²) >= 11 is 6.18. The van der Waals surface area contributed by atoms with Crippen LogP contribution in [0.15, 0.2) is 17.7 Å². The highest BCUT2D eigenvalue weighted by molar-refractivity contribution is 6.33. The Labute approximate surface area is 129 Å². The predicted molar refractivity (Wildman–Crippen MR) is 82.2 cm³/mol. The van der Waals surface area contributed by atoms with Gasteiger partial charge in [0.25, 0.3) is 0 Å². The number of allylic oxidation sites excluding steroid dienone is 1. The Bertz CT molecular complexity index is 603. The maximum absolute atomic E-state index is 12.4. The van der Waals surface area contributed by atoms with Gasteiger partial charge in [-0.3, -0.25) is 4.79 Å². The van der Waals surface area contributed by atoms with Crippen molar-refractivity contribution in [2.75, 3.05) is 13.7 Å². The number of hydrogen-bond acceptors (Lipinski definition) is 4. The van der Waals surface area contributed by atoms with E-state index in [1.807, 2.05) is 6.92 Å². The number of ketones is 1. The topological polar surface area (TPSA) is 52.6 Å². The van der Waals surface area contributed by atoms with Gasteiger partial charge in [-0.15, -0.1) is 0 Å². The summed E-state index contributed by atoms with van der Waals surface area (Å²) in [5.41, 5.74) is 2.05. The number of esters is 1. The molecule has 1 aromatic carbocycles. The average molecular weight is 311 g/mol. The van der Waals surface area contributed by atoms with Crippen molar-refractivity contribution in [1.82, 2.24) is 0 Å². The Hall–Kier alpha value is -1.81. The quantitative estimate of drug-likeness (QED) is 0.473. The van der Waals surface area contributed by atoms with Crippen LogP contribution in [-0.4, -0.2) is 25.5 Å². The molecular formula is C16H19ClO4. The number of carbonyl (C=O) groups is 2. The molecule has 0 aliphatic rings. The molecule has 0 aliphatic heterocycles. The maximum atomic E-state index is 12.4. The van der Waals surface area contributed by atoms with E-state index in [2.05, 4.69) is 0 Å². The minimum Gasteiger partial charge on any atom is -0.496 e. The van der Waals surface area contributed by atoms with Crippen molar-refractivity contribution >= 4 is 23.4 Å². The van der Waals surface area contributed by atoms with Crippen molar-refractivity contribution in [2.24, 2.45) is 0 Å². The van der Waals surface area contributed by atoms with Gasteiger partial charge < -0.3 is 9.47 Å². The Morgan fingerprint density at radius 2 is 1.95 bits per heavy atom. The predicted octanol–water partition coefficient (Wildman–Crippen LogP) is 3.66. The monoisotopic (exact) mass is 310 g/mol. The molecule has 4 nitrogen and oxygen atoms in total. The van der Waals surface area contributed by atoms with Crippen LogP contribution in [0.2, 0.25) is 5.02 Å². The molecule has 0 amide bonds. The lowest BCUT2D eigenvalue weighted by Gasteiger charge is -2.13. The fourth-order valence-corrected chi connectivity index (χ4v) is 2.11. The lowest BCUT2D eigenvalue weighted by Crippen LogP contribution is -2.09. The first kappa shape index (κ1) is 17.2. The van der Waals surface area contributed by atoms with Gasteiger partial charge in [-0.25, -0.2) is 4.79 Å². The van der Waals surface area contributed by atoms with Crippen LogP contribution in [0.5, 0.6) is 5.75 Å². The molecule has 0 unspecified atom stereocenters. The number of ether oxygens (including phenoxy) is 2. The van der Waals surface area contributed by atoms with Gasteiger partial charge in [0.2, 0.25) is 0 Å². The summed E-state index contributed by atoms with van der Waals surface area (Å²) in [7, 11) is 1.49. The van der Waals surface area contributed by atoms with E-state index >= 15 is 0 Å². The van der Waals surface area contributed by atoms with Gasteiger partial charge in [-0.05, 0) is 51.0 Å². The summed E-state index contributed by atoms with van der Waals surface area (Å²) in [5.74, 6) is -0.412. The van der Waals surface area contributed by atoms with Crippen LogP contribution in [0.3, 0.4) is 0 Å². The van der Waals surface area contributed by atoms with Crippen molar-refractivity contribution in [3.8, 4) is 5.75 Å². The Morgan fingerprint density at radius 1 is 1.33 bits per heavy atom. The number of rotatable bonds is 5. The number of carbonyl (C=O) groups excluding carboxylic acids is 2. The van der Waals surface area contributed by atoms with Crippen molar-refractivity contribution in [3.63, 3.8) is 0 Å². The van der Waals surface area contributed by atoms with E-state index in [0.29, 0.717) is 21.9 Å². The van der Waals surface area contributed by atoms with Gasteiger partial charge in [-0.1, -0.05) is 11.6 Å². The SMILES string of the molecule is CCOC(=O)/C(C)=C/C(=O)c1c(OC)cc(C)c(Cl)c1C. The zero-order chi connectivity index (χ0) is 16.2. The number of halogens is 1. The van der Waals surface area contributed by atoms with Crippen LogP contribution in [0.25, 0.3) is 0 Å². The molecule has 0 saturated carbocycles. The van der Waals surface area contributed by atoms with E-state index in [4.69, 9.17) is 21.1 Å². The second-order valence-electron chi connectivity index (χ2n) is 4.62. The van der Waals surface area contributed by atoms with Crippen LogP contribution < -0.4 is 4.74 Å². The second-order valence-corrected chi connectivity index (χ2v) is 5.00.